The first-order chi connectivity index (χ1) is 7.49. The summed E-state index contributed by atoms with van der Waals surface area (Å²) in [4.78, 5) is 22.9. The Morgan fingerprint density at radius 1 is 1.62 bits per heavy atom. The van der Waals surface area contributed by atoms with Crippen LogP contribution in [0.5, 0.6) is 0 Å². The van der Waals surface area contributed by atoms with Crippen LogP contribution in [0.2, 0.25) is 0 Å². The topological polar surface area (TPSA) is 78.4 Å². The average molecular weight is 246 g/mol. The molecule has 3 N–H and O–H groups in total. The second-order valence-corrected chi connectivity index (χ2v) is 5.18. The fraction of sp³-hybridized carbons (Fsp3) is 0.800. The monoisotopic (exact) mass is 246 g/mol. The molecule has 0 aliphatic carbocycles. The van der Waals surface area contributed by atoms with Crippen molar-refractivity contribution < 1.29 is 14.7 Å². The fourth-order valence-electron chi connectivity index (χ4n) is 1.65. The van der Waals surface area contributed by atoms with E-state index in [-0.39, 0.29) is 11.9 Å². The van der Waals surface area contributed by atoms with Gasteiger partial charge in [0.2, 0.25) is 5.91 Å². The smallest absolute Gasteiger partial charge is 0.329 e. The molecule has 1 amide bonds. The number of carbonyl (C=O) groups excluding carboxylic acids is 1. The Labute approximate surface area is 99.4 Å². The zero-order chi connectivity index (χ0) is 12.2. The minimum atomic E-state index is -1.15. The van der Waals surface area contributed by atoms with E-state index in [0.29, 0.717) is 12.2 Å². The van der Waals surface area contributed by atoms with Crippen molar-refractivity contribution in [1.29, 1.82) is 0 Å². The number of carboxylic acid groups (broad SMARTS) is 1. The third-order valence-corrected chi connectivity index (χ3v) is 3.59. The molecule has 2 unspecified atom stereocenters. The van der Waals surface area contributed by atoms with Crippen LogP contribution < -0.4 is 10.6 Å². The molecule has 0 aromatic heterocycles. The summed E-state index contributed by atoms with van der Waals surface area (Å²) in [6, 6.07) is -0.263. The lowest BCUT2D eigenvalue weighted by atomic mass is 9.96. The fourth-order valence-corrected chi connectivity index (χ4v) is 2.59. The van der Waals surface area contributed by atoms with E-state index in [0.717, 1.165) is 12.3 Å². The number of hydrogen-bond acceptors (Lipinski definition) is 4. The number of carboxylic acids is 1. The van der Waals surface area contributed by atoms with Crippen molar-refractivity contribution in [2.45, 2.75) is 38.3 Å². The van der Waals surface area contributed by atoms with Crippen LogP contribution in [0.25, 0.3) is 0 Å². The number of nitrogens with one attached hydrogen (secondary N) is 2. The number of carbonyl (C=O) groups is 2. The van der Waals surface area contributed by atoms with Gasteiger partial charge in [0.25, 0.3) is 0 Å². The van der Waals surface area contributed by atoms with Gasteiger partial charge < -0.3 is 10.4 Å². The highest BCUT2D eigenvalue weighted by Gasteiger charge is 2.36. The van der Waals surface area contributed by atoms with Gasteiger partial charge in [0.1, 0.15) is 5.54 Å². The van der Waals surface area contributed by atoms with E-state index in [2.05, 4.69) is 10.6 Å². The van der Waals surface area contributed by atoms with Crippen LogP contribution in [0, 0.1) is 0 Å². The quantitative estimate of drug-likeness (QED) is 0.655. The second kappa shape index (κ2) is 5.54. The van der Waals surface area contributed by atoms with Gasteiger partial charge in [-0.1, -0.05) is 13.3 Å². The van der Waals surface area contributed by atoms with Crippen molar-refractivity contribution >= 4 is 23.6 Å². The number of thioether (sulfide) groups is 1. The van der Waals surface area contributed by atoms with Crippen LogP contribution in [0.1, 0.15) is 26.7 Å². The Kier molecular flexibility index (Phi) is 4.61. The van der Waals surface area contributed by atoms with Crippen molar-refractivity contribution in [2.24, 2.45) is 0 Å². The first kappa shape index (κ1) is 13.3. The Balaban J connectivity index is 2.60. The van der Waals surface area contributed by atoms with Crippen molar-refractivity contribution in [3.63, 3.8) is 0 Å². The highest BCUT2D eigenvalue weighted by molar-refractivity contribution is 7.99. The molecule has 2 atom stereocenters. The Morgan fingerprint density at radius 2 is 2.31 bits per heavy atom. The zero-order valence-corrected chi connectivity index (χ0v) is 10.4. The van der Waals surface area contributed by atoms with Gasteiger partial charge in [-0.3, -0.25) is 10.1 Å². The van der Waals surface area contributed by atoms with E-state index in [1.807, 2.05) is 6.92 Å². The molecule has 0 saturated carbocycles. The van der Waals surface area contributed by atoms with Gasteiger partial charge in [-0.2, -0.15) is 0 Å². The molecular weight excluding hydrogens is 228 g/mol. The molecule has 1 aliphatic heterocycles. The van der Waals surface area contributed by atoms with Gasteiger partial charge in [0.05, 0.1) is 6.04 Å². The minimum absolute atomic E-state index is 0.219. The molecule has 1 aliphatic rings. The summed E-state index contributed by atoms with van der Waals surface area (Å²) in [6.45, 7) is 3.45. The maximum absolute atomic E-state index is 11.8. The molecule has 0 radical (unpaired) electrons. The van der Waals surface area contributed by atoms with Gasteiger partial charge in [-0.25, -0.2) is 4.79 Å². The van der Waals surface area contributed by atoms with Gasteiger partial charge in [-0.15, -0.1) is 11.8 Å². The summed E-state index contributed by atoms with van der Waals surface area (Å²) in [5.74, 6) is 0.250. The van der Waals surface area contributed by atoms with Gasteiger partial charge in [-0.05, 0) is 13.3 Å². The second-order valence-electron chi connectivity index (χ2n) is 4.15. The lowest BCUT2D eigenvalue weighted by Gasteiger charge is -2.27. The van der Waals surface area contributed by atoms with Crippen LogP contribution >= 0.6 is 11.8 Å². The largest absolute Gasteiger partial charge is 0.480 e. The van der Waals surface area contributed by atoms with E-state index in [9.17, 15) is 9.59 Å². The van der Waals surface area contributed by atoms with Gasteiger partial charge >= 0.3 is 5.97 Å². The number of aliphatic carboxylic acids is 1. The SMILES string of the molecule is CCCC(C)(NC(=O)C1CSCN1)C(=O)O. The summed E-state index contributed by atoms with van der Waals surface area (Å²) in [5, 5.41) is 14.8. The standard InChI is InChI=1S/C10H18N2O3S/c1-3-4-10(2,9(14)15)12-8(13)7-5-16-6-11-7/h7,11H,3-6H2,1-2H3,(H,12,13)(H,14,15). The van der Waals surface area contributed by atoms with Crippen LogP contribution in [-0.2, 0) is 9.59 Å². The molecule has 0 aromatic rings. The van der Waals surface area contributed by atoms with Crippen LogP contribution in [0.4, 0.5) is 0 Å². The van der Waals surface area contributed by atoms with E-state index in [4.69, 9.17) is 5.11 Å². The highest BCUT2D eigenvalue weighted by atomic mass is 32.2. The van der Waals surface area contributed by atoms with Gasteiger partial charge in [0, 0.05) is 11.6 Å². The molecule has 0 bridgehead atoms. The Morgan fingerprint density at radius 3 is 2.75 bits per heavy atom. The molecular formula is C10H18N2O3S. The third kappa shape index (κ3) is 3.12. The number of hydrogen-bond donors (Lipinski definition) is 3. The van der Waals surface area contributed by atoms with E-state index >= 15 is 0 Å². The predicted octanol–water partition coefficient (Wildman–Crippen LogP) is 0.408. The molecule has 6 heteroatoms. The average Bonchev–Trinajstić information content (AvgIpc) is 2.70. The molecule has 0 aromatic carbocycles. The summed E-state index contributed by atoms with van der Waals surface area (Å²) >= 11 is 1.64. The Bertz CT molecular complexity index is 279. The van der Waals surface area contributed by atoms with Crippen molar-refractivity contribution in [2.75, 3.05) is 11.6 Å². The van der Waals surface area contributed by atoms with Crippen LogP contribution in [-0.4, -0.2) is 40.2 Å². The zero-order valence-electron chi connectivity index (χ0n) is 9.58. The van der Waals surface area contributed by atoms with Crippen LogP contribution in [0.3, 0.4) is 0 Å². The lowest BCUT2D eigenvalue weighted by Crippen LogP contribution is -2.56. The first-order valence-electron chi connectivity index (χ1n) is 5.36. The van der Waals surface area contributed by atoms with E-state index < -0.39 is 11.5 Å². The van der Waals surface area contributed by atoms with E-state index in [1.165, 1.54) is 0 Å². The van der Waals surface area contributed by atoms with Crippen LogP contribution in [0.15, 0.2) is 0 Å². The lowest BCUT2D eigenvalue weighted by molar-refractivity contribution is -0.147. The maximum atomic E-state index is 11.8. The summed E-state index contributed by atoms with van der Waals surface area (Å²) in [7, 11) is 0. The predicted molar refractivity (Wildman–Crippen MR) is 63.3 cm³/mol. The number of amides is 1. The van der Waals surface area contributed by atoms with Gasteiger partial charge in [0.15, 0.2) is 0 Å². The minimum Gasteiger partial charge on any atom is -0.480 e. The third-order valence-electron chi connectivity index (χ3n) is 2.65. The maximum Gasteiger partial charge on any atom is 0.329 e. The van der Waals surface area contributed by atoms with Crippen molar-refractivity contribution in [3.05, 3.63) is 0 Å². The van der Waals surface area contributed by atoms with Crippen molar-refractivity contribution in [1.82, 2.24) is 10.6 Å². The molecule has 1 heterocycles. The van der Waals surface area contributed by atoms with Crippen molar-refractivity contribution in [3.8, 4) is 0 Å². The normalized spacial score (nSPS) is 23.8. The summed E-state index contributed by atoms with van der Waals surface area (Å²) in [6.07, 6.45) is 1.16. The number of rotatable bonds is 5. The first-order valence-corrected chi connectivity index (χ1v) is 6.51. The molecule has 1 fully saturated rings. The highest BCUT2D eigenvalue weighted by Crippen LogP contribution is 2.15. The Hall–Kier alpha value is -0.750. The molecule has 5 nitrogen and oxygen atoms in total. The molecule has 16 heavy (non-hydrogen) atoms. The molecule has 1 saturated heterocycles. The summed E-state index contributed by atoms with van der Waals surface area (Å²) < 4.78 is 0. The molecule has 0 spiro atoms. The molecule has 92 valence electrons. The molecule has 1 rings (SSSR count). The van der Waals surface area contributed by atoms with E-state index in [1.54, 1.807) is 18.7 Å². The summed E-state index contributed by atoms with van der Waals surface area (Å²) in [5.41, 5.74) is -1.15.